The summed E-state index contributed by atoms with van der Waals surface area (Å²) in [4.78, 5) is 23.0. The molecule has 50 heavy (non-hydrogen) atoms. The van der Waals surface area contributed by atoms with E-state index in [1.807, 2.05) is 27.2 Å². The van der Waals surface area contributed by atoms with Gasteiger partial charge in [0.2, 0.25) is 5.91 Å². The van der Waals surface area contributed by atoms with Crippen LogP contribution in [0.1, 0.15) is 155 Å². The molecule has 0 saturated heterocycles. The zero-order valence-corrected chi connectivity index (χ0v) is 33.8. The second-order valence-corrected chi connectivity index (χ2v) is 16.1. The van der Waals surface area contributed by atoms with Crippen LogP contribution in [0.4, 0.5) is 0 Å². The molecule has 0 aliphatic rings. The second kappa shape index (κ2) is 33.3. The van der Waals surface area contributed by atoms with Gasteiger partial charge in [0.15, 0.2) is 0 Å². The van der Waals surface area contributed by atoms with Gasteiger partial charge in [-0.3, -0.25) is 13.8 Å². The largest absolute Gasteiger partial charge is 0.472 e. The normalized spacial score (nSPS) is 15.1. The number of likely N-dealkylation sites (N-methyl/N-ethyl adjacent to an activating group) is 1. The fourth-order valence-electron chi connectivity index (χ4n) is 5.24. The summed E-state index contributed by atoms with van der Waals surface area (Å²) in [5.74, 6) is -0.204. The van der Waals surface area contributed by atoms with E-state index in [0.717, 1.165) is 57.8 Å². The number of carbonyl (C=O) groups excluding carboxylic acids is 1. The van der Waals surface area contributed by atoms with E-state index in [9.17, 15) is 19.4 Å². The average molecular weight is 726 g/mol. The van der Waals surface area contributed by atoms with Crippen LogP contribution in [0.15, 0.2) is 48.6 Å². The van der Waals surface area contributed by atoms with Crippen LogP contribution in [0.3, 0.4) is 0 Å². The molecule has 0 aliphatic heterocycles. The third-order valence-corrected chi connectivity index (χ3v) is 9.48. The Labute approximate surface area is 308 Å². The first-order valence-electron chi connectivity index (χ1n) is 20.0. The molecule has 292 valence electrons. The molecule has 1 amide bonds. The number of phosphoric ester groups is 1. The molecule has 3 atom stereocenters. The maximum Gasteiger partial charge on any atom is 0.472 e. The first kappa shape index (κ1) is 48.5. The maximum absolute atomic E-state index is 12.8. The number of carbonyl (C=O) groups is 1. The van der Waals surface area contributed by atoms with Crippen LogP contribution in [0.2, 0.25) is 0 Å². The highest BCUT2D eigenvalue weighted by atomic mass is 31.2. The van der Waals surface area contributed by atoms with Gasteiger partial charge < -0.3 is 19.8 Å². The fourth-order valence-corrected chi connectivity index (χ4v) is 5.98. The highest BCUT2D eigenvalue weighted by molar-refractivity contribution is 7.47. The maximum atomic E-state index is 12.8. The molecular formula is C41H78N2O6P+. The van der Waals surface area contributed by atoms with Gasteiger partial charge in [0, 0.05) is 6.42 Å². The van der Waals surface area contributed by atoms with Gasteiger partial charge in [-0.15, -0.1) is 0 Å². The van der Waals surface area contributed by atoms with Crippen molar-refractivity contribution in [1.82, 2.24) is 5.32 Å². The van der Waals surface area contributed by atoms with Crippen molar-refractivity contribution in [2.45, 2.75) is 167 Å². The van der Waals surface area contributed by atoms with E-state index in [0.29, 0.717) is 17.4 Å². The van der Waals surface area contributed by atoms with Crippen molar-refractivity contribution in [2.24, 2.45) is 0 Å². The zero-order chi connectivity index (χ0) is 37.2. The highest BCUT2D eigenvalue weighted by Gasteiger charge is 2.27. The van der Waals surface area contributed by atoms with Gasteiger partial charge >= 0.3 is 7.82 Å². The molecule has 0 rings (SSSR count). The molecule has 0 aromatic heterocycles. The molecule has 8 nitrogen and oxygen atoms in total. The van der Waals surface area contributed by atoms with Crippen LogP contribution in [0.5, 0.6) is 0 Å². The molecule has 0 aromatic rings. The molecule has 3 N–H and O–H groups in total. The molecular weight excluding hydrogens is 647 g/mol. The number of allylic oxidation sites excluding steroid dienone is 7. The monoisotopic (exact) mass is 726 g/mol. The summed E-state index contributed by atoms with van der Waals surface area (Å²) >= 11 is 0. The number of nitrogens with zero attached hydrogens (tertiary/aromatic N) is 1. The lowest BCUT2D eigenvalue weighted by Gasteiger charge is -2.25. The van der Waals surface area contributed by atoms with Gasteiger partial charge in [-0.1, -0.05) is 127 Å². The Kier molecular flexibility index (Phi) is 32.3. The van der Waals surface area contributed by atoms with E-state index in [2.05, 4.69) is 55.6 Å². The number of quaternary nitrogens is 1. The second-order valence-electron chi connectivity index (χ2n) is 14.6. The molecule has 0 fully saturated rings. The van der Waals surface area contributed by atoms with Crippen molar-refractivity contribution in [2.75, 3.05) is 40.9 Å². The number of hydrogen-bond donors (Lipinski definition) is 3. The SMILES string of the molecule is CCCCCC/C=C/CC/C=C/CC/C=C/C(O)C(COP(=O)(O)OCC[N+](C)(C)C)NC(=O)CCCCCCC/C=C\CCCCCCC. The van der Waals surface area contributed by atoms with Crippen LogP contribution >= 0.6 is 7.82 Å². The number of phosphoric acid groups is 1. The van der Waals surface area contributed by atoms with E-state index >= 15 is 0 Å². The molecule has 0 heterocycles. The van der Waals surface area contributed by atoms with Gasteiger partial charge in [0.05, 0.1) is 39.9 Å². The number of hydrogen-bond acceptors (Lipinski definition) is 5. The van der Waals surface area contributed by atoms with Crippen LogP contribution in [-0.2, 0) is 18.4 Å². The standard InChI is InChI=1S/C41H77N2O6P/c1-6-8-10-12-14-16-18-20-22-24-26-28-30-32-34-40(44)39(38-49-50(46,47)48-37-36-43(3,4)5)42-41(45)35-33-31-29-27-25-23-21-19-17-15-13-11-9-7-2/h16,18-19,21,24,26,32,34,39-40,44H,6-15,17,20,22-23,25,27-31,33,35-38H2,1-5H3,(H-,42,45,46,47)/p+1/b18-16+,21-19-,26-24+,34-32+. The summed E-state index contributed by atoms with van der Waals surface area (Å²) in [6.45, 7) is 4.72. The van der Waals surface area contributed by atoms with Crippen molar-refractivity contribution in [1.29, 1.82) is 0 Å². The van der Waals surface area contributed by atoms with E-state index in [1.54, 1.807) is 6.08 Å². The topological polar surface area (TPSA) is 105 Å². The fraction of sp³-hybridized carbons (Fsp3) is 0.780. The Morgan fingerprint density at radius 3 is 1.62 bits per heavy atom. The summed E-state index contributed by atoms with van der Waals surface area (Å²) in [6, 6.07) is -0.871. The minimum Gasteiger partial charge on any atom is -0.387 e. The highest BCUT2D eigenvalue weighted by Crippen LogP contribution is 2.43. The third kappa shape index (κ3) is 34.9. The quantitative estimate of drug-likeness (QED) is 0.0260. The molecule has 3 unspecified atom stereocenters. The Morgan fingerprint density at radius 2 is 1.10 bits per heavy atom. The predicted octanol–water partition coefficient (Wildman–Crippen LogP) is 10.5. The van der Waals surface area contributed by atoms with Crippen molar-refractivity contribution < 1.29 is 32.9 Å². The van der Waals surface area contributed by atoms with Crippen LogP contribution in [0.25, 0.3) is 0 Å². The molecule has 0 radical (unpaired) electrons. The van der Waals surface area contributed by atoms with E-state index in [4.69, 9.17) is 9.05 Å². The lowest BCUT2D eigenvalue weighted by Crippen LogP contribution is -2.45. The Bertz CT molecular complexity index is 959. The molecule has 0 aliphatic carbocycles. The first-order chi connectivity index (χ1) is 24.0. The Morgan fingerprint density at radius 1 is 0.660 bits per heavy atom. The van der Waals surface area contributed by atoms with Crippen molar-refractivity contribution in [3.8, 4) is 0 Å². The van der Waals surface area contributed by atoms with Crippen LogP contribution in [0, 0.1) is 0 Å². The summed E-state index contributed by atoms with van der Waals surface area (Å²) in [5, 5.41) is 13.7. The minimum absolute atomic E-state index is 0.0506. The number of aliphatic hydroxyl groups is 1. The Hall–Kier alpha value is -1.54. The van der Waals surface area contributed by atoms with Gasteiger partial charge in [-0.25, -0.2) is 4.57 Å². The molecule has 0 saturated carbocycles. The minimum atomic E-state index is -4.34. The van der Waals surface area contributed by atoms with Gasteiger partial charge in [-0.2, -0.15) is 0 Å². The average Bonchev–Trinajstić information content (AvgIpc) is 3.06. The van der Waals surface area contributed by atoms with E-state index < -0.39 is 20.0 Å². The van der Waals surface area contributed by atoms with E-state index in [-0.39, 0.29) is 19.1 Å². The number of unbranched alkanes of at least 4 members (excludes halogenated alkanes) is 16. The van der Waals surface area contributed by atoms with E-state index in [1.165, 1.54) is 77.0 Å². The third-order valence-electron chi connectivity index (χ3n) is 8.50. The van der Waals surface area contributed by atoms with Crippen molar-refractivity contribution >= 4 is 13.7 Å². The smallest absolute Gasteiger partial charge is 0.387 e. The molecule has 0 bridgehead atoms. The molecule has 0 spiro atoms. The van der Waals surface area contributed by atoms with Crippen LogP contribution in [-0.4, -0.2) is 73.4 Å². The van der Waals surface area contributed by atoms with Crippen molar-refractivity contribution in [3.05, 3.63) is 48.6 Å². The van der Waals surface area contributed by atoms with Crippen LogP contribution < -0.4 is 5.32 Å². The number of nitrogens with one attached hydrogen (secondary N) is 1. The van der Waals surface area contributed by atoms with Gasteiger partial charge in [0.25, 0.3) is 0 Å². The molecule has 9 heteroatoms. The zero-order valence-electron chi connectivity index (χ0n) is 32.9. The lowest BCUT2D eigenvalue weighted by atomic mass is 10.1. The van der Waals surface area contributed by atoms with Gasteiger partial charge in [-0.05, 0) is 70.6 Å². The Balaban J connectivity index is 4.62. The predicted molar refractivity (Wildman–Crippen MR) is 212 cm³/mol. The van der Waals surface area contributed by atoms with Gasteiger partial charge in [0.1, 0.15) is 13.2 Å². The summed E-state index contributed by atoms with van der Waals surface area (Å²) in [7, 11) is 1.53. The van der Waals surface area contributed by atoms with Crippen molar-refractivity contribution in [3.63, 3.8) is 0 Å². The molecule has 0 aromatic carbocycles. The summed E-state index contributed by atoms with van der Waals surface area (Å²) < 4.78 is 23.4. The first-order valence-corrected chi connectivity index (χ1v) is 21.5. The summed E-state index contributed by atoms with van der Waals surface area (Å²) in [5.41, 5.74) is 0. The number of aliphatic hydroxyl groups excluding tert-OH is 1. The number of rotatable bonds is 35. The lowest BCUT2D eigenvalue weighted by molar-refractivity contribution is -0.870. The number of amides is 1. The summed E-state index contributed by atoms with van der Waals surface area (Å²) in [6.07, 6.45) is 40.3.